The molecule has 4 atom stereocenters. The normalized spacial score (nSPS) is 37.0. The minimum atomic E-state index is -0.938. The summed E-state index contributed by atoms with van der Waals surface area (Å²) < 4.78 is 21.4. The van der Waals surface area contributed by atoms with Crippen LogP contribution in [0.15, 0.2) is 0 Å². The molecule has 0 spiro atoms. The third kappa shape index (κ3) is 3.26. The summed E-state index contributed by atoms with van der Waals surface area (Å²) in [7, 11) is 1.33. The predicted octanol–water partition coefficient (Wildman–Crippen LogP) is 0.611. The molecule has 4 unspecified atom stereocenters. The molecule has 2 heterocycles. The Labute approximate surface area is 130 Å². The van der Waals surface area contributed by atoms with Gasteiger partial charge in [0.25, 0.3) is 0 Å². The molecule has 0 aromatic rings. The molecule has 1 N–H and O–H groups in total. The van der Waals surface area contributed by atoms with E-state index in [1.54, 1.807) is 13.8 Å². The molecule has 7 nitrogen and oxygen atoms in total. The summed E-state index contributed by atoms with van der Waals surface area (Å²) >= 11 is 0. The topological polar surface area (TPSA) is 83.1 Å². The lowest BCUT2D eigenvalue weighted by molar-refractivity contribution is -0.155. The zero-order valence-corrected chi connectivity index (χ0v) is 13.8. The average molecular weight is 315 g/mol. The van der Waals surface area contributed by atoms with Crippen LogP contribution in [0.5, 0.6) is 0 Å². The van der Waals surface area contributed by atoms with Gasteiger partial charge >= 0.3 is 11.9 Å². The Morgan fingerprint density at radius 1 is 1.32 bits per heavy atom. The fraction of sp³-hybridized carbons (Fsp3) is 0.867. The summed E-state index contributed by atoms with van der Waals surface area (Å²) in [6.45, 7) is 7.78. The zero-order valence-electron chi connectivity index (χ0n) is 13.8. The van der Waals surface area contributed by atoms with Gasteiger partial charge in [-0.1, -0.05) is 0 Å². The van der Waals surface area contributed by atoms with Crippen LogP contribution >= 0.6 is 0 Å². The molecule has 0 aromatic heterocycles. The average Bonchev–Trinajstić information content (AvgIpc) is 2.99. The van der Waals surface area contributed by atoms with Crippen LogP contribution in [0.2, 0.25) is 0 Å². The highest BCUT2D eigenvalue weighted by Crippen LogP contribution is 2.36. The third-order valence-electron chi connectivity index (χ3n) is 4.20. The molecule has 2 rings (SSSR count). The zero-order chi connectivity index (χ0) is 16.5. The Hall–Kier alpha value is -1.18. The van der Waals surface area contributed by atoms with Crippen molar-refractivity contribution in [3.8, 4) is 0 Å². The number of rotatable bonds is 4. The SMILES string of the molecule is CCOC(=O)C1CC(C)(C(=O)OC)NC1C1COC(C)(C)O1. The van der Waals surface area contributed by atoms with Crippen LogP contribution in [0.3, 0.4) is 0 Å². The molecule has 0 bridgehead atoms. The minimum absolute atomic E-state index is 0.296. The maximum Gasteiger partial charge on any atom is 0.325 e. The van der Waals surface area contributed by atoms with E-state index in [2.05, 4.69) is 5.32 Å². The van der Waals surface area contributed by atoms with E-state index >= 15 is 0 Å². The van der Waals surface area contributed by atoms with Crippen LogP contribution in [0.25, 0.3) is 0 Å². The summed E-state index contributed by atoms with van der Waals surface area (Å²) in [5.74, 6) is -1.91. The summed E-state index contributed by atoms with van der Waals surface area (Å²) in [5.41, 5.74) is -0.938. The number of ether oxygens (including phenoxy) is 4. The Kier molecular flexibility index (Phi) is 4.79. The Bertz CT molecular complexity index is 451. The first-order chi connectivity index (χ1) is 10.2. The summed E-state index contributed by atoms with van der Waals surface area (Å²) in [5, 5.41) is 3.21. The number of carbonyl (C=O) groups is 2. The van der Waals surface area contributed by atoms with Crippen molar-refractivity contribution < 1.29 is 28.5 Å². The van der Waals surface area contributed by atoms with Gasteiger partial charge in [0.05, 0.1) is 26.2 Å². The van der Waals surface area contributed by atoms with E-state index in [1.807, 2.05) is 13.8 Å². The van der Waals surface area contributed by atoms with Crippen LogP contribution in [-0.2, 0) is 28.5 Å². The van der Waals surface area contributed by atoms with Gasteiger partial charge in [0.2, 0.25) is 0 Å². The van der Waals surface area contributed by atoms with Gasteiger partial charge in [-0.25, -0.2) is 0 Å². The fourth-order valence-corrected chi connectivity index (χ4v) is 3.19. The number of carbonyl (C=O) groups excluding carboxylic acids is 2. The standard InChI is InChI=1S/C15H25NO6/c1-6-20-12(17)9-7-15(4,13(18)19-5)16-11(9)10-8-21-14(2,3)22-10/h9-11,16H,6-8H2,1-5H3. The number of hydrogen-bond acceptors (Lipinski definition) is 7. The van der Waals surface area contributed by atoms with Gasteiger partial charge < -0.3 is 18.9 Å². The number of hydrogen-bond donors (Lipinski definition) is 1. The van der Waals surface area contributed by atoms with Crippen molar-refractivity contribution >= 4 is 11.9 Å². The number of nitrogens with one attached hydrogen (secondary N) is 1. The first kappa shape index (κ1) is 17.2. The van der Waals surface area contributed by atoms with Crippen molar-refractivity contribution in [3.05, 3.63) is 0 Å². The van der Waals surface area contributed by atoms with E-state index in [0.717, 1.165) is 0 Å². The largest absolute Gasteiger partial charge is 0.468 e. The molecular formula is C15H25NO6. The van der Waals surface area contributed by atoms with Crippen LogP contribution < -0.4 is 5.32 Å². The lowest BCUT2D eigenvalue weighted by atomic mass is 9.91. The van der Waals surface area contributed by atoms with Crippen molar-refractivity contribution in [1.82, 2.24) is 5.32 Å². The van der Waals surface area contributed by atoms with Gasteiger partial charge in [-0.3, -0.25) is 14.9 Å². The van der Waals surface area contributed by atoms with Crippen molar-refractivity contribution in [2.45, 2.75) is 57.6 Å². The molecule has 0 aromatic carbocycles. The van der Waals surface area contributed by atoms with Gasteiger partial charge in [-0.05, 0) is 34.1 Å². The van der Waals surface area contributed by atoms with E-state index in [-0.39, 0.29) is 18.1 Å². The van der Waals surface area contributed by atoms with Gasteiger partial charge in [0, 0.05) is 6.04 Å². The maximum absolute atomic E-state index is 12.3. The highest BCUT2D eigenvalue weighted by Gasteiger charge is 2.55. The van der Waals surface area contributed by atoms with E-state index in [1.165, 1.54) is 7.11 Å². The van der Waals surface area contributed by atoms with Crippen molar-refractivity contribution in [2.24, 2.45) is 5.92 Å². The maximum atomic E-state index is 12.3. The van der Waals surface area contributed by atoms with Crippen LogP contribution in [0.4, 0.5) is 0 Å². The van der Waals surface area contributed by atoms with E-state index in [0.29, 0.717) is 19.6 Å². The summed E-state index contributed by atoms with van der Waals surface area (Å²) in [6.07, 6.45) is -0.0143. The molecule has 0 aliphatic carbocycles. The molecule has 22 heavy (non-hydrogen) atoms. The Morgan fingerprint density at radius 2 is 2.00 bits per heavy atom. The van der Waals surface area contributed by atoms with Crippen molar-refractivity contribution in [3.63, 3.8) is 0 Å². The molecule has 0 radical (unpaired) electrons. The number of methoxy groups -OCH3 is 1. The second-order valence-electron chi connectivity index (χ2n) is 6.42. The molecular weight excluding hydrogens is 290 g/mol. The first-order valence-electron chi connectivity index (χ1n) is 7.57. The minimum Gasteiger partial charge on any atom is -0.468 e. The van der Waals surface area contributed by atoms with Crippen molar-refractivity contribution in [1.29, 1.82) is 0 Å². The molecule has 7 heteroatoms. The molecule has 2 aliphatic rings. The molecule has 0 saturated carbocycles. The lowest BCUT2D eigenvalue weighted by Gasteiger charge is -2.26. The molecule has 2 aliphatic heterocycles. The van der Waals surface area contributed by atoms with Gasteiger partial charge in [0.1, 0.15) is 11.6 Å². The van der Waals surface area contributed by atoms with Gasteiger partial charge in [0.15, 0.2) is 5.79 Å². The van der Waals surface area contributed by atoms with Crippen molar-refractivity contribution in [2.75, 3.05) is 20.3 Å². The molecule has 2 saturated heterocycles. The predicted molar refractivity (Wildman–Crippen MR) is 77.0 cm³/mol. The number of esters is 2. The Morgan fingerprint density at radius 3 is 2.50 bits per heavy atom. The lowest BCUT2D eigenvalue weighted by Crippen LogP contribution is -2.52. The van der Waals surface area contributed by atoms with E-state index in [4.69, 9.17) is 18.9 Å². The molecule has 126 valence electrons. The monoisotopic (exact) mass is 315 g/mol. The second-order valence-corrected chi connectivity index (χ2v) is 6.42. The van der Waals surface area contributed by atoms with Crippen LogP contribution in [-0.4, -0.2) is 55.7 Å². The van der Waals surface area contributed by atoms with Crippen LogP contribution in [0, 0.1) is 5.92 Å². The molecule has 2 fully saturated rings. The smallest absolute Gasteiger partial charge is 0.325 e. The third-order valence-corrected chi connectivity index (χ3v) is 4.20. The highest BCUT2D eigenvalue weighted by atomic mass is 16.7. The first-order valence-corrected chi connectivity index (χ1v) is 7.57. The Balaban J connectivity index is 2.20. The van der Waals surface area contributed by atoms with Crippen LogP contribution in [0.1, 0.15) is 34.1 Å². The van der Waals surface area contributed by atoms with E-state index in [9.17, 15) is 9.59 Å². The quantitative estimate of drug-likeness (QED) is 0.761. The summed E-state index contributed by atoms with van der Waals surface area (Å²) in [4.78, 5) is 24.3. The van der Waals surface area contributed by atoms with Gasteiger partial charge in [-0.2, -0.15) is 0 Å². The highest BCUT2D eigenvalue weighted by molar-refractivity contribution is 5.84. The summed E-state index contributed by atoms with van der Waals surface area (Å²) in [6, 6.07) is -0.357. The second kappa shape index (κ2) is 6.14. The molecule has 0 amide bonds. The fourth-order valence-electron chi connectivity index (χ4n) is 3.19. The van der Waals surface area contributed by atoms with Gasteiger partial charge in [-0.15, -0.1) is 0 Å². The van der Waals surface area contributed by atoms with E-state index < -0.39 is 23.2 Å².